The number of halogens is 2. The Morgan fingerprint density at radius 2 is 0.821 bits per heavy atom. The molecule has 6 N–H and O–H groups in total. The molecule has 408 valence electrons. The molecule has 0 atom stereocenters. The quantitative estimate of drug-likeness (QED) is 0.0469. The molecule has 78 heavy (non-hydrogen) atoms. The van der Waals surface area contributed by atoms with E-state index in [9.17, 15) is 47.8 Å². The van der Waals surface area contributed by atoms with Gasteiger partial charge >= 0.3 is 24.1 Å². The minimum absolute atomic E-state index is 0.0141. The number of carbonyl (C=O) groups is 6. The van der Waals surface area contributed by atoms with Crippen LogP contribution in [0.25, 0.3) is 0 Å². The minimum atomic E-state index is -2.69. The molecule has 0 aromatic heterocycles. The van der Waals surface area contributed by atoms with Crippen molar-refractivity contribution in [2.45, 2.75) is 88.9 Å². The van der Waals surface area contributed by atoms with Crippen molar-refractivity contribution in [1.82, 2.24) is 10.6 Å². The van der Waals surface area contributed by atoms with Gasteiger partial charge in [0, 0.05) is 22.5 Å². The highest BCUT2D eigenvalue weighted by atomic mass is 19.1. The van der Waals surface area contributed by atoms with Gasteiger partial charge in [0.1, 0.15) is 36.1 Å². The van der Waals surface area contributed by atoms with E-state index in [2.05, 4.69) is 21.3 Å². The van der Waals surface area contributed by atoms with Crippen molar-refractivity contribution in [1.29, 1.82) is 0 Å². The van der Waals surface area contributed by atoms with Crippen molar-refractivity contribution < 1.29 is 76.2 Å². The topological polar surface area (TPSA) is 246 Å². The summed E-state index contributed by atoms with van der Waals surface area (Å²) in [5.74, 6) is -10.1. The molecule has 0 heterocycles. The third-order valence-corrected chi connectivity index (χ3v) is 12.4. The maximum Gasteiger partial charge on any atom is 0.412 e. The number of nitrogens with one attached hydrogen (secondary N) is 4. The van der Waals surface area contributed by atoms with Gasteiger partial charge < -0.3 is 49.3 Å². The summed E-state index contributed by atoms with van der Waals surface area (Å²) in [5.41, 5.74) is -5.83. The number of carbonyl (C=O) groups excluding carboxylic acids is 4. The van der Waals surface area contributed by atoms with E-state index in [1.165, 1.54) is 148 Å². The summed E-state index contributed by atoms with van der Waals surface area (Å²) in [4.78, 5) is 84.0. The maximum absolute atomic E-state index is 14.8. The summed E-state index contributed by atoms with van der Waals surface area (Å²) in [6.07, 6.45) is -1.57. The monoisotopic (exact) mass is 1070 g/mol. The molecular weight excluding hydrogens is 1010 g/mol. The van der Waals surface area contributed by atoms with E-state index in [1.54, 1.807) is 41.5 Å². The Morgan fingerprint density at radius 1 is 0.487 bits per heavy atom. The number of hydrogen-bond donors (Lipinski definition) is 6. The van der Waals surface area contributed by atoms with Crippen LogP contribution in [-0.4, -0.2) is 82.7 Å². The summed E-state index contributed by atoms with van der Waals surface area (Å²) in [5, 5.41) is 34.2. The van der Waals surface area contributed by atoms with Crippen molar-refractivity contribution in [3.8, 4) is 23.0 Å². The van der Waals surface area contributed by atoms with Gasteiger partial charge in [-0.1, -0.05) is 36.4 Å². The third-order valence-electron chi connectivity index (χ3n) is 12.4. The second kappa shape index (κ2) is 23.0. The van der Waals surface area contributed by atoms with E-state index in [1.807, 2.05) is 0 Å². The van der Waals surface area contributed by atoms with Gasteiger partial charge in [0.25, 0.3) is 11.8 Å². The number of carboxylic acid groups (broad SMARTS) is 2. The summed E-state index contributed by atoms with van der Waals surface area (Å²) in [7, 11) is 2.58. The Hall–Kier alpha value is -9.20. The van der Waals surface area contributed by atoms with Crippen LogP contribution < -0.4 is 40.2 Å². The van der Waals surface area contributed by atoms with Crippen molar-refractivity contribution in [3.63, 3.8) is 0 Å². The molecule has 18 nitrogen and oxygen atoms in total. The van der Waals surface area contributed by atoms with E-state index >= 15 is 0 Å². The first-order chi connectivity index (χ1) is 36.8. The van der Waals surface area contributed by atoms with Crippen LogP contribution in [0, 0.1) is 11.6 Å². The van der Waals surface area contributed by atoms with Gasteiger partial charge in [0.15, 0.2) is 34.1 Å². The van der Waals surface area contributed by atoms with Crippen molar-refractivity contribution >= 4 is 47.3 Å². The number of ether oxygens (including phenoxy) is 6. The summed E-state index contributed by atoms with van der Waals surface area (Å²) in [6, 6.07) is 30.0. The van der Waals surface area contributed by atoms with Crippen LogP contribution in [0.2, 0.25) is 0 Å². The van der Waals surface area contributed by atoms with Crippen LogP contribution in [0.3, 0.4) is 0 Å². The lowest BCUT2D eigenvalue weighted by molar-refractivity contribution is -0.171. The van der Waals surface area contributed by atoms with Gasteiger partial charge in [-0.3, -0.25) is 20.2 Å². The summed E-state index contributed by atoms with van der Waals surface area (Å²) >= 11 is 0. The fourth-order valence-electron chi connectivity index (χ4n) is 9.12. The minimum Gasteiger partial charge on any atom is -0.493 e. The fourth-order valence-corrected chi connectivity index (χ4v) is 9.12. The molecule has 0 spiro atoms. The smallest absolute Gasteiger partial charge is 0.412 e. The molecular formula is C58H58F2N4O14. The fraction of sp³-hybridized carbons (Fsp3) is 0.276. The van der Waals surface area contributed by atoms with Crippen LogP contribution in [0.1, 0.15) is 96.3 Å². The van der Waals surface area contributed by atoms with Crippen molar-refractivity contribution in [2.24, 2.45) is 0 Å². The highest BCUT2D eigenvalue weighted by molar-refractivity contribution is 6.06. The van der Waals surface area contributed by atoms with Crippen molar-refractivity contribution in [3.05, 3.63) is 178 Å². The Labute approximate surface area is 448 Å². The van der Waals surface area contributed by atoms with Crippen LogP contribution in [0.15, 0.2) is 133 Å². The van der Waals surface area contributed by atoms with Crippen molar-refractivity contribution in [2.75, 3.05) is 24.9 Å². The van der Waals surface area contributed by atoms with E-state index in [4.69, 9.17) is 28.4 Å². The zero-order valence-corrected chi connectivity index (χ0v) is 43.8. The lowest BCUT2D eigenvalue weighted by atomic mass is 9.43. The van der Waals surface area contributed by atoms with E-state index < -0.39 is 81.7 Å². The van der Waals surface area contributed by atoms with E-state index in [0.29, 0.717) is 11.1 Å². The Morgan fingerprint density at radius 3 is 1.12 bits per heavy atom. The van der Waals surface area contributed by atoms with Crippen LogP contribution >= 0.6 is 0 Å². The molecule has 1 fully saturated rings. The second-order valence-electron chi connectivity index (χ2n) is 20.2. The lowest BCUT2D eigenvalue weighted by Crippen LogP contribution is -2.86. The zero-order valence-electron chi connectivity index (χ0n) is 43.8. The van der Waals surface area contributed by atoms with Crippen LogP contribution in [-0.2, 0) is 32.3 Å². The summed E-state index contributed by atoms with van der Waals surface area (Å²) in [6.45, 7) is 9.92. The van der Waals surface area contributed by atoms with E-state index in [-0.39, 0.29) is 69.8 Å². The molecule has 0 unspecified atom stereocenters. The molecule has 0 radical (unpaired) electrons. The highest BCUT2D eigenvalue weighted by Crippen LogP contribution is 2.64. The first-order valence-electron chi connectivity index (χ1n) is 24.3. The number of hydrogen-bond acceptors (Lipinski definition) is 12. The van der Waals surface area contributed by atoms with Gasteiger partial charge in [-0.25, -0.2) is 28.0 Å². The number of rotatable bonds is 18. The molecule has 7 rings (SSSR count). The zero-order chi connectivity index (χ0) is 56.7. The van der Waals surface area contributed by atoms with Gasteiger partial charge in [-0.2, -0.15) is 0 Å². The van der Waals surface area contributed by atoms with Gasteiger partial charge in [0.05, 0.1) is 26.1 Å². The van der Waals surface area contributed by atoms with Gasteiger partial charge in [-0.15, -0.1) is 0 Å². The Balaban J connectivity index is 1.39. The largest absolute Gasteiger partial charge is 0.493 e. The molecule has 1 aliphatic rings. The maximum atomic E-state index is 14.8. The molecule has 1 aliphatic carbocycles. The van der Waals surface area contributed by atoms with Gasteiger partial charge in [0.2, 0.25) is 0 Å². The molecule has 4 amide bonds. The summed E-state index contributed by atoms with van der Waals surface area (Å²) < 4.78 is 61.8. The predicted molar refractivity (Wildman–Crippen MR) is 281 cm³/mol. The first kappa shape index (κ1) is 56.5. The Bertz CT molecular complexity index is 2970. The predicted octanol–water partition coefficient (Wildman–Crippen LogP) is 10.2. The number of anilines is 2. The highest BCUT2D eigenvalue weighted by Gasteiger charge is 2.80. The SMILES string of the molecule is COc1cc(C2C(NC(=O)c3ccc(NC(=O)OC(C)(C)C)cc3)(C(=O)O)C(c3ccc(OCc4ccc(F)cc4)c(OC)c3)C2(NC(=O)c2ccc(NC(=O)OC(C)(C)C)cc2)C(=O)O)ccc1OCc1ccc(F)cc1. The normalized spacial score (nSPS) is 17.7. The number of amides is 4. The number of methoxy groups -OCH3 is 2. The molecule has 6 aromatic rings. The standard InChI is InChI=1S/C58H58F2N4O14/c1-55(2,3)77-53(71)61-41-23-13-35(14-24-41)49(65)63-57(51(67)68)47(37-17-27-43(45(29-37)73-7)75-31-33-9-19-39(59)20-10-33)58(52(69)70,64-50(66)36-15-25-42(26-16-36)62-54(72)78-56(4,5)6)48(57)38-18-28-44(46(30-38)74-8)76-32-34-11-21-40(60)22-12-34/h9-30,47-48H,31-32H2,1-8H3,(H,61,71)(H,62,72)(H,63,65)(H,64,66)(H,67,68)(H,69,70). The van der Waals surface area contributed by atoms with Crippen LogP contribution in [0.4, 0.5) is 29.7 Å². The first-order valence-corrected chi connectivity index (χ1v) is 24.3. The van der Waals surface area contributed by atoms with Crippen LogP contribution in [0.5, 0.6) is 23.0 Å². The lowest BCUT2D eigenvalue weighted by Gasteiger charge is -2.64. The molecule has 6 aromatic carbocycles. The van der Waals surface area contributed by atoms with E-state index in [0.717, 1.165) is 0 Å². The molecule has 0 bridgehead atoms. The van der Waals surface area contributed by atoms with Gasteiger partial charge in [-0.05, 0) is 161 Å². The molecule has 20 heteroatoms. The number of carboxylic acids is 2. The Kier molecular flexibility index (Phi) is 16.6. The average Bonchev–Trinajstić information content (AvgIpc) is 1.35. The molecule has 0 aliphatic heterocycles. The number of aliphatic carboxylic acids is 2. The third kappa shape index (κ3) is 12.7. The number of benzene rings is 6. The molecule has 0 saturated heterocycles. The second-order valence-corrected chi connectivity index (χ2v) is 20.2. The molecule has 1 saturated carbocycles. The average molecular weight is 1070 g/mol.